The van der Waals surface area contributed by atoms with E-state index >= 15 is 0 Å². The molecule has 2 amide bonds. The molecule has 0 radical (unpaired) electrons. The average molecular weight is 422 g/mol. The lowest BCUT2D eigenvalue weighted by atomic mass is 9.98. The molecule has 0 aliphatic carbocycles. The minimum Gasteiger partial charge on any atom is -0.466 e. The van der Waals surface area contributed by atoms with Gasteiger partial charge in [-0.3, -0.25) is 19.7 Å². The molecule has 0 spiro atoms. The Kier molecular flexibility index (Phi) is 6.64. The molecule has 1 aromatic carbocycles. The third kappa shape index (κ3) is 4.88. The van der Waals surface area contributed by atoms with E-state index in [1.807, 2.05) is 0 Å². The number of nitrogens with one attached hydrogen (secondary N) is 1. The molecule has 28 heavy (non-hydrogen) atoms. The number of benzene rings is 1. The molecule has 1 aliphatic rings. The number of nitrogens with zero attached hydrogens (tertiary/aromatic N) is 2. The SMILES string of the molecule is CCOC(=O)C1CCCN(C(=O)c2csc(NC(=O)c3cccc(Cl)c3)n2)C1. The van der Waals surface area contributed by atoms with Crippen molar-refractivity contribution in [2.75, 3.05) is 25.0 Å². The fraction of sp³-hybridized carbons (Fsp3) is 0.368. The van der Waals surface area contributed by atoms with Gasteiger partial charge in [-0.2, -0.15) is 0 Å². The van der Waals surface area contributed by atoms with Crippen LogP contribution in [0.3, 0.4) is 0 Å². The quantitative estimate of drug-likeness (QED) is 0.747. The minimum absolute atomic E-state index is 0.246. The number of halogens is 1. The van der Waals surface area contributed by atoms with E-state index in [2.05, 4.69) is 10.3 Å². The predicted octanol–water partition coefficient (Wildman–Crippen LogP) is 3.46. The summed E-state index contributed by atoms with van der Waals surface area (Å²) in [5, 5.41) is 5.06. The van der Waals surface area contributed by atoms with Crippen LogP contribution in [-0.2, 0) is 9.53 Å². The summed E-state index contributed by atoms with van der Waals surface area (Å²) in [6, 6.07) is 6.56. The Morgan fingerprint density at radius 3 is 2.96 bits per heavy atom. The first kappa shape index (κ1) is 20.3. The van der Waals surface area contributed by atoms with Gasteiger partial charge in [0.25, 0.3) is 11.8 Å². The van der Waals surface area contributed by atoms with Gasteiger partial charge in [-0.25, -0.2) is 4.98 Å². The van der Waals surface area contributed by atoms with E-state index in [9.17, 15) is 14.4 Å². The van der Waals surface area contributed by atoms with E-state index in [0.717, 1.165) is 6.42 Å². The van der Waals surface area contributed by atoms with Crippen LogP contribution in [0.1, 0.15) is 40.6 Å². The second-order valence-corrected chi connectivity index (χ2v) is 7.64. The summed E-state index contributed by atoms with van der Waals surface area (Å²) < 4.78 is 5.07. The molecule has 148 valence electrons. The molecule has 2 heterocycles. The Labute approximate surface area is 171 Å². The number of likely N-dealkylation sites (tertiary alicyclic amines) is 1. The van der Waals surface area contributed by atoms with Crippen molar-refractivity contribution in [3.05, 3.63) is 45.9 Å². The fourth-order valence-electron chi connectivity index (χ4n) is 3.00. The van der Waals surface area contributed by atoms with Gasteiger partial charge in [-0.1, -0.05) is 17.7 Å². The lowest BCUT2D eigenvalue weighted by Gasteiger charge is -2.31. The second-order valence-electron chi connectivity index (χ2n) is 6.34. The fourth-order valence-corrected chi connectivity index (χ4v) is 3.87. The second kappa shape index (κ2) is 9.16. The van der Waals surface area contributed by atoms with Crippen LogP contribution in [0.25, 0.3) is 0 Å². The van der Waals surface area contributed by atoms with E-state index in [1.165, 1.54) is 11.3 Å². The molecule has 1 unspecified atom stereocenters. The summed E-state index contributed by atoms with van der Waals surface area (Å²) in [4.78, 5) is 42.8. The van der Waals surface area contributed by atoms with Gasteiger partial charge in [0, 0.05) is 29.1 Å². The first-order valence-corrected chi connectivity index (χ1v) is 10.2. The normalized spacial score (nSPS) is 16.5. The number of hydrogen-bond acceptors (Lipinski definition) is 6. The Morgan fingerprint density at radius 1 is 1.39 bits per heavy atom. The van der Waals surface area contributed by atoms with Gasteiger partial charge in [0.1, 0.15) is 5.69 Å². The zero-order valence-corrected chi connectivity index (χ0v) is 16.9. The summed E-state index contributed by atoms with van der Waals surface area (Å²) in [6.45, 7) is 2.97. The molecule has 1 aromatic heterocycles. The highest BCUT2D eigenvalue weighted by Gasteiger charge is 2.30. The molecule has 0 bridgehead atoms. The smallest absolute Gasteiger partial charge is 0.310 e. The van der Waals surface area contributed by atoms with Crippen LogP contribution in [0.4, 0.5) is 5.13 Å². The standard InChI is InChI=1S/C19H20ClN3O4S/c1-2-27-18(26)13-6-4-8-23(10-13)17(25)15-11-28-19(21-15)22-16(24)12-5-3-7-14(20)9-12/h3,5,7,9,11,13H,2,4,6,8,10H2,1H3,(H,21,22,24). The molecule has 3 rings (SSSR count). The minimum atomic E-state index is -0.351. The number of hydrogen-bond donors (Lipinski definition) is 1. The van der Waals surface area contributed by atoms with Gasteiger partial charge in [0.15, 0.2) is 5.13 Å². The molecular weight excluding hydrogens is 402 g/mol. The molecule has 7 nitrogen and oxygen atoms in total. The van der Waals surface area contributed by atoms with Crippen LogP contribution in [0.5, 0.6) is 0 Å². The predicted molar refractivity (Wildman–Crippen MR) is 107 cm³/mol. The van der Waals surface area contributed by atoms with Crippen LogP contribution in [-0.4, -0.2) is 47.4 Å². The highest BCUT2D eigenvalue weighted by molar-refractivity contribution is 7.14. The third-order valence-corrected chi connectivity index (χ3v) is 5.35. The number of rotatable bonds is 5. The van der Waals surface area contributed by atoms with Crippen molar-refractivity contribution < 1.29 is 19.1 Å². The molecule has 1 saturated heterocycles. The monoisotopic (exact) mass is 421 g/mol. The van der Waals surface area contributed by atoms with Crippen LogP contribution in [0.15, 0.2) is 29.6 Å². The highest BCUT2D eigenvalue weighted by atomic mass is 35.5. The van der Waals surface area contributed by atoms with E-state index in [-0.39, 0.29) is 29.4 Å². The van der Waals surface area contributed by atoms with Crippen molar-refractivity contribution in [3.8, 4) is 0 Å². The van der Waals surface area contributed by atoms with Crippen molar-refractivity contribution in [1.29, 1.82) is 0 Å². The first-order chi connectivity index (χ1) is 13.5. The van der Waals surface area contributed by atoms with Gasteiger partial charge in [0.05, 0.1) is 12.5 Å². The van der Waals surface area contributed by atoms with Gasteiger partial charge in [-0.05, 0) is 38.0 Å². The topological polar surface area (TPSA) is 88.6 Å². The number of carbonyl (C=O) groups excluding carboxylic acids is 3. The summed E-state index contributed by atoms with van der Waals surface area (Å²) in [7, 11) is 0. The molecule has 1 atom stereocenters. The molecule has 1 N–H and O–H groups in total. The van der Waals surface area contributed by atoms with Crippen LogP contribution < -0.4 is 5.32 Å². The Morgan fingerprint density at radius 2 is 2.21 bits per heavy atom. The number of thiazole rings is 1. The third-order valence-electron chi connectivity index (χ3n) is 4.36. The molecule has 9 heteroatoms. The van der Waals surface area contributed by atoms with E-state index in [0.29, 0.717) is 41.8 Å². The Balaban J connectivity index is 1.63. The van der Waals surface area contributed by atoms with Crippen molar-refractivity contribution in [1.82, 2.24) is 9.88 Å². The number of ether oxygens (including phenoxy) is 1. The zero-order valence-electron chi connectivity index (χ0n) is 15.3. The van der Waals surface area contributed by atoms with Crippen molar-refractivity contribution in [2.45, 2.75) is 19.8 Å². The van der Waals surface area contributed by atoms with Crippen molar-refractivity contribution in [3.63, 3.8) is 0 Å². The summed E-state index contributed by atoms with van der Waals surface area (Å²) in [5.74, 6) is -1.18. The molecule has 2 aromatic rings. The number of piperidine rings is 1. The van der Waals surface area contributed by atoms with Gasteiger partial charge in [0.2, 0.25) is 0 Å². The Hall–Kier alpha value is -2.45. The molecule has 1 aliphatic heterocycles. The first-order valence-electron chi connectivity index (χ1n) is 8.96. The maximum Gasteiger partial charge on any atom is 0.310 e. The van der Waals surface area contributed by atoms with Crippen molar-refractivity contribution >= 4 is 45.9 Å². The molecular formula is C19H20ClN3O4S. The van der Waals surface area contributed by atoms with E-state index < -0.39 is 0 Å². The summed E-state index contributed by atoms with van der Waals surface area (Å²) in [6.07, 6.45) is 1.44. The number of aromatic nitrogens is 1. The lowest BCUT2D eigenvalue weighted by Crippen LogP contribution is -2.43. The summed E-state index contributed by atoms with van der Waals surface area (Å²) >= 11 is 7.07. The van der Waals surface area contributed by atoms with E-state index in [4.69, 9.17) is 16.3 Å². The van der Waals surface area contributed by atoms with Crippen LogP contribution in [0.2, 0.25) is 5.02 Å². The van der Waals surface area contributed by atoms with Crippen LogP contribution >= 0.6 is 22.9 Å². The number of anilines is 1. The Bertz CT molecular complexity index is 886. The molecule has 0 saturated carbocycles. The number of carbonyl (C=O) groups is 3. The van der Waals surface area contributed by atoms with Crippen molar-refractivity contribution in [2.24, 2.45) is 5.92 Å². The zero-order chi connectivity index (χ0) is 20.1. The van der Waals surface area contributed by atoms with Gasteiger partial charge >= 0.3 is 5.97 Å². The average Bonchev–Trinajstić information content (AvgIpc) is 3.16. The number of amides is 2. The lowest BCUT2D eigenvalue weighted by molar-refractivity contribution is -0.149. The van der Waals surface area contributed by atoms with Crippen LogP contribution in [0, 0.1) is 5.92 Å². The largest absolute Gasteiger partial charge is 0.466 e. The van der Waals surface area contributed by atoms with Gasteiger partial charge in [-0.15, -0.1) is 11.3 Å². The van der Waals surface area contributed by atoms with Gasteiger partial charge < -0.3 is 9.64 Å². The maximum atomic E-state index is 12.7. The maximum absolute atomic E-state index is 12.7. The highest BCUT2D eigenvalue weighted by Crippen LogP contribution is 2.23. The summed E-state index contributed by atoms with van der Waals surface area (Å²) in [5.41, 5.74) is 0.653. The number of esters is 1. The molecule has 1 fully saturated rings. The van der Waals surface area contributed by atoms with E-state index in [1.54, 1.807) is 41.5 Å².